The molecule has 0 radical (unpaired) electrons. The number of aliphatic hydroxyl groups is 1. The van der Waals surface area contributed by atoms with E-state index in [1.54, 1.807) is 5.57 Å². The third-order valence-corrected chi connectivity index (χ3v) is 5.44. The Morgan fingerprint density at radius 1 is 1.35 bits per heavy atom. The molecule has 98 valence electrons. The van der Waals surface area contributed by atoms with Gasteiger partial charge in [-0.1, -0.05) is 32.4 Å². The van der Waals surface area contributed by atoms with Crippen molar-refractivity contribution >= 4 is 0 Å². The molecule has 4 atom stereocenters. The lowest BCUT2D eigenvalue weighted by Gasteiger charge is -2.41. The quantitative estimate of drug-likeness (QED) is 0.682. The van der Waals surface area contributed by atoms with Crippen LogP contribution in [0.5, 0.6) is 0 Å². The van der Waals surface area contributed by atoms with E-state index in [-0.39, 0.29) is 0 Å². The van der Waals surface area contributed by atoms with Crippen LogP contribution in [0.3, 0.4) is 0 Å². The Labute approximate surface area is 106 Å². The average molecular weight is 236 g/mol. The second kappa shape index (κ2) is 4.76. The summed E-state index contributed by atoms with van der Waals surface area (Å²) in [6.45, 7) is 9.84. The third kappa shape index (κ3) is 2.45. The first-order valence-electron chi connectivity index (χ1n) is 7.24. The summed E-state index contributed by atoms with van der Waals surface area (Å²) in [5.74, 6) is 2.58. The number of fused-ring (bicyclic) bond motifs is 1. The predicted octanol–water partition coefficient (Wildman–Crippen LogP) is 4.02. The van der Waals surface area contributed by atoms with Crippen molar-refractivity contribution in [1.29, 1.82) is 0 Å². The molecule has 0 aromatic carbocycles. The zero-order chi connectivity index (χ0) is 12.6. The van der Waals surface area contributed by atoms with Crippen molar-refractivity contribution in [1.82, 2.24) is 0 Å². The van der Waals surface area contributed by atoms with Gasteiger partial charge in [-0.05, 0) is 61.7 Å². The van der Waals surface area contributed by atoms with E-state index >= 15 is 0 Å². The van der Waals surface area contributed by atoms with Crippen LogP contribution in [0.4, 0.5) is 0 Å². The highest BCUT2D eigenvalue weighted by atomic mass is 16.3. The van der Waals surface area contributed by atoms with E-state index in [1.165, 1.54) is 25.7 Å². The summed E-state index contributed by atoms with van der Waals surface area (Å²) in [7, 11) is 0. The van der Waals surface area contributed by atoms with Crippen molar-refractivity contribution in [3.8, 4) is 0 Å². The summed E-state index contributed by atoms with van der Waals surface area (Å²) in [4.78, 5) is 0. The molecule has 0 aliphatic heterocycles. The molecule has 1 saturated carbocycles. The molecule has 2 aliphatic carbocycles. The Morgan fingerprint density at radius 2 is 2.06 bits per heavy atom. The molecule has 17 heavy (non-hydrogen) atoms. The van der Waals surface area contributed by atoms with Crippen LogP contribution in [0.2, 0.25) is 0 Å². The van der Waals surface area contributed by atoms with Crippen LogP contribution >= 0.6 is 0 Å². The molecule has 1 nitrogen and oxygen atoms in total. The van der Waals surface area contributed by atoms with Gasteiger partial charge in [0.15, 0.2) is 0 Å². The van der Waals surface area contributed by atoms with Crippen LogP contribution in [0.15, 0.2) is 11.6 Å². The second-order valence-electron chi connectivity index (χ2n) is 7.09. The van der Waals surface area contributed by atoms with Gasteiger partial charge in [-0.3, -0.25) is 0 Å². The average Bonchev–Trinajstić information content (AvgIpc) is 2.37. The predicted molar refractivity (Wildman–Crippen MR) is 72.7 cm³/mol. The fraction of sp³-hybridized carbons (Fsp3) is 0.875. The van der Waals surface area contributed by atoms with E-state index in [0.717, 1.165) is 0 Å². The smallest absolute Gasteiger partial charge is 0.0464 e. The number of rotatable bonds is 1. The normalized spacial score (nSPS) is 41.4. The van der Waals surface area contributed by atoms with Crippen molar-refractivity contribution in [3.05, 3.63) is 11.6 Å². The van der Waals surface area contributed by atoms with Gasteiger partial charge in [-0.25, -0.2) is 0 Å². The van der Waals surface area contributed by atoms with Crippen LogP contribution in [0.25, 0.3) is 0 Å². The molecule has 2 rings (SSSR count). The minimum absolute atomic E-state index is 0.380. The Balaban J connectivity index is 2.34. The highest BCUT2D eigenvalue weighted by molar-refractivity contribution is 5.12. The zero-order valence-corrected chi connectivity index (χ0v) is 11.9. The number of allylic oxidation sites excluding steroid dienone is 2. The molecule has 1 heteroatoms. The van der Waals surface area contributed by atoms with Gasteiger partial charge in [-0.15, -0.1) is 0 Å². The maximum Gasteiger partial charge on any atom is 0.0464 e. The molecule has 0 bridgehead atoms. The van der Waals surface area contributed by atoms with Crippen LogP contribution < -0.4 is 0 Å². The summed E-state index contributed by atoms with van der Waals surface area (Å²) < 4.78 is 0. The largest absolute Gasteiger partial charge is 0.396 e. The van der Waals surface area contributed by atoms with Gasteiger partial charge in [0.1, 0.15) is 0 Å². The first kappa shape index (κ1) is 13.1. The van der Waals surface area contributed by atoms with E-state index in [0.29, 0.717) is 35.7 Å². The molecule has 0 spiro atoms. The van der Waals surface area contributed by atoms with Gasteiger partial charge < -0.3 is 5.11 Å². The SMILES string of the molecule is CC1=CC2C(CC1)C(CO)C(C)CCC2(C)C. The Hall–Kier alpha value is -0.300. The van der Waals surface area contributed by atoms with Crippen LogP contribution in [0, 0.1) is 29.1 Å². The molecule has 0 saturated heterocycles. The van der Waals surface area contributed by atoms with Crippen molar-refractivity contribution in [2.45, 2.75) is 53.4 Å². The first-order chi connectivity index (χ1) is 7.95. The van der Waals surface area contributed by atoms with Gasteiger partial charge in [0.2, 0.25) is 0 Å². The van der Waals surface area contributed by atoms with Crippen LogP contribution in [0.1, 0.15) is 53.4 Å². The monoisotopic (exact) mass is 236 g/mol. The number of hydrogen-bond acceptors (Lipinski definition) is 1. The molecule has 4 unspecified atom stereocenters. The second-order valence-corrected chi connectivity index (χ2v) is 7.09. The molecular weight excluding hydrogens is 208 g/mol. The summed E-state index contributed by atoms with van der Waals surface area (Å²) in [6, 6.07) is 0. The molecule has 1 fully saturated rings. The Bertz CT molecular complexity index is 303. The van der Waals surface area contributed by atoms with E-state index in [1.807, 2.05) is 0 Å². The van der Waals surface area contributed by atoms with Gasteiger partial charge in [0.25, 0.3) is 0 Å². The molecule has 0 heterocycles. The van der Waals surface area contributed by atoms with Gasteiger partial charge in [0, 0.05) is 6.61 Å². The Kier molecular flexibility index (Phi) is 3.68. The maximum atomic E-state index is 9.74. The molecule has 0 amide bonds. The lowest BCUT2D eigenvalue weighted by molar-refractivity contribution is 0.0798. The van der Waals surface area contributed by atoms with Crippen molar-refractivity contribution < 1.29 is 5.11 Å². The molecule has 1 N–H and O–H groups in total. The number of hydrogen-bond donors (Lipinski definition) is 1. The summed E-state index contributed by atoms with van der Waals surface area (Å²) in [5.41, 5.74) is 1.97. The molecule has 0 aromatic heterocycles. The fourth-order valence-electron chi connectivity index (χ4n) is 4.09. The van der Waals surface area contributed by atoms with Crippen molar-refractivity contribution in [3.63, 3.8) is 0 Å². The minimum atomic E-state index is 0.380. The first-order valence-corrected chi connectivity index (χ1v) is 7.24. The van der Waals surface area contributed by atoms with E-state index < -0.39 is 0 Å². The maximum absolute atomic E-state index is 9.74. The van der Waals surface area contributed by atoms with Gasteiger partial charge in [0.05, 0.1) is 0 Å². The minimum Gasteiger partial charge on any atom is -0.396 e. The summed E-state index contributed by atoms with van der Waals surface area (Å²) in [6.07, 6.45) is 7.62. The molecule has 2 aliphatic rings. The van der Waals surface area contributed by atoms with Crippen molar-refractivity contribution in [2.75, 3.05) is 6.61 Å². The van der Waals surface area contributed by atoms with E-state index in [9.17, 15) is 5.11 Å². The van der Waals surface area contributed by atoms with E-state index in [4.69, 9.17) is 0 Å². The van der Waals surface area contributed by atoms with Crippen LogP contribution in [-0.2, 0) is 0 Å². The van der Waals surface area contributed by atoms with Crippen LogP contribution in [-0.4, -0.2) is 11.7 Å². The van der Waals surface area contributed by atoms with E-state index in [2.05, 4.69) is 33.8 Å². The lowest BCUT2D eigenvalue weighted by atomic mass is 9.64. The van der Waals surface area contributed by atoms with Gasteiger partial charge >= 0.3 is 0 Å². The summed E-state index contributed by atoms with van der Waals surface area (Å²) >= 11 is 0. The third-order valence-electron chi connectivity index (χ3n) is 5.44. The molecule has 0 aromatic rings. The topological polar surface area (TPSA) is 20.2 Å². The van der Waals surface area contributed by atoms with Crippen molar-refractivity contribution in [2.24, 2.45) is 29.1 Å². The highest BCUT2D eigenvalue weighted by Gasteiger charge is 2.43. The summed E-state index contributed by atoms with van der Waals surface area (Å²) in [5, 5.41) is 9.74. The number of aliphatic hydroxyl groups excluding tert-OH is 1. The lowest BCUT2D eigenvalue weighted by Crippen LogP contribution is -2.35. The molecular formula is C16H28O. The highest BCUT2D eigenvalue weighted by Crippen LogP contribution is 2.51. The van der Waals surface area contributed by atoms with Gasteiger partial charge in [-0.2, -0.15) is 0 Å². The standard InChI is InChI=1S/C16H28O/c1-11-5-6-13-14(10-17)12(2)7-8-16(3,4)15(13)9-11/h9,12-15,17H,5-8,10H2,1-4H3. The zero-order valence-electron chi connectivity index (χ0n) is 11.9. The Morgan fingerprint density at radius 3 is 2.71 bits per heavy atom. The fourth-order valence-corrected chi connectivity index (χ4v) is 4.09.